The van der Waals surface area contributed by atoms with Crippen LogP contribution in [-0.2, 0) is 11.4 Å². The van der Waals surface area contributed by atoms with Crippen LogP contribution in [0, 0.1) is 0 Å². The van der Waals surface area contributed by atoms with Gasteiger partial charge < -0.3 is 14.4 Å². The van der Waals surface area contributed by atoms with Crippen LogP contribution in [0.1, 0.15) is 49.0 Å². The van der Waals surface area contributed by atoms with Crippen LogP contribution in [0.25, 0.3) is 10.9 Å². The Morgan fingerprint density at radius 3 is 2.63 bits per heavy atom. The number of hydrogen-bond donors (Lipinski definition) is 1. The molecule has 1 unspecified atom stereocenters. The number of carboxylic acid groups (broad SMARTS) is 1. The number of carbonyl (C=O) groups is 1. The van der Waals surface area contributed by atoms with E-state index in [0.29, 0.717) is 24.1 Å². The first-order valence-electron chi connectivity index (χ1n) is 9.82. The summed E-state index contributed by atoms with van der Waals surface area (Å²) in [5.41, 5.74) is 3.43. The average molecular weight is 405 g/mol. The number of hydrogen-bond acceptors (Lipinski definition) is 5. The second-order valence-electron chi connectivity index (χ2n) is 7.53. The molecule has 4 rings (SSSR count). The average Bonchev–Trinajstić information content (AvgIpc) is 3.40. The molecule has 1 N–H and O–H groups in total. The third kappa shape index (κ3) is 4.35. The van der Waals surface area contributed by atoms with Crippen molar-refractivity contribution in [2.75, 3.05) is 0 Å². The highest BCUT2D eigenvalue weighted by Gasteiger charge is 2.20. The van der Waals surface area contributed by atoms with Crippen molar-refractivity contribution < 1.29 is 19.2 Å². The third-order valence-corrected chi connectivity index (χ3v) is 5.00. The van der Waals surface area contributed by atoms with Crippen LogP contribution in [0.5, 0.6) is 5.75 Å². The number of fused-ring (bicyclic) bond motifs is 1. The van der Waals surface area contributed by atoms with Crippen LogP contribution in [0.2, 0.25) is 0 Å². The van der Waals surface area contributed by atoms with E-state index in [4.69, 9.17) is 9.26 Å². The highest BCUT2D eigenvalue weighted by Crippen LogP contribution is 2.28. The molecule has 0 saturated carbocycles. The molecule has 0 saturated heterocycles. The third-order valence-electron chi connectivity index (χ3n) is 5.00. The summed E-state index contributed by atoms with van der Waals surface area (Å²) in [6.45, 7) is 4.62. The Morgan fingerprint density at radius 1 is 1.17 bits per heavy atom. The number of benzene rings is 2. The Kier molecular flexibility index (Phi) is 5.52. The summed E-state index contributed by atoms with van der Waals surface area (Å²) in [5.74, 6) is -0.548. The van der Waals surface area contributed by atoms with Gasteiger partial charge in [-0.3, -0.25) is 9.48 Å². The molecule has 4 aromatic rings. The lowest BCUT2D eigenvalue weighted by molar-refractivity contribution is -0.137. The SMILES string of the molecule is CC(C)n1cc2ccc(COc3ccc(C(CC(=O)O)c4ccon4)cc3)cc2n1. The molecule has 0 radical (unpaired) electrons. The molecular weight excluding hydrogens is 382 g/mol. The molecule has 2 aromatic carbocycles. The van der Waals surface area contributed by atoms with Gasteiger partial charge in [-0.25, -0.2) is 0 Å². The van der Waals surface area contributed by atoms with Crippen LogP contribution in [-0.4, -0.2) is 26.0 Å². The first-order chi connectivity index (χ1) is 14.5. The van der Waals surface area contributed by atoms with Gasteiger partial charge in [-0.15, -0.1) is 0 Å². The minimum absolute atomic E-state index is 0.0597. The highest BCUT2D eigenvalue weighted by atomic mass is 16.5. The maximum Gasteiger partial charge on any atom is 0.304 e. The fourth-order valence-corrected chi connectivity index (χ4v) is 3.37. The van der Waals surface area contributed by atoms with Gasteiger partial charge in [-0.05, 0) is 43.2 Å². The van der Waals surface area contributed by atoms with Gasteiger partial charge in [-0.2, -0.15) is 5.10 Å². The van der Waals surface area contributed by atoms with Crippen molar-refractivity contribution in [2.24, 2.45) is 0 Å². The monoisotopic (exact) mass is 405 g/mol. The number of rotatable bonds is 8. The molecule has 2 heterocycles. The summed E-state index contributed by atoms with van der Waals surface area (Å²) in [6, 6.07) is 15.6. The lowest BCUT2D eigenvalue weighted by Gasteiger charge is -2.13. The summed E-state index contributed by atoms with van der Waals surface area (Å²) in [7, 11) is 0. The van der Waals surface area contributed by atoms with E-state index in [1.165, 1.54) is 6.26 Å². The second-order valence-corrected chi connectivity index (χ2v) is 7.53. The molecule has 7 heteroatoms. The molecule has 0 aliphatic rings. The van der Waals surface area contributed by atoms with Gasteiger partial charge >= 0.3 is 5.97 Å². The van der Waals surface area contributed by atoms with Crippen molar-refractivity contribution >= 4 is 16.9 Å². The number of ether oxygens (including phenoxy) is 1. The van der Waals surface area contributed by atoms with Crippen LogP contribution >= 0.6 is 0 Å². The fourth-order valence-electron chi connectivity index (χ4n) is 3.37. The van der Waals surface area contributed by atoms with Crippen molar-refractivity contribution in [3.8, 4) is 5.75 Å². The number of nitrogens with zero attached hydrogens (tertiary/aromatic N) is 3. The Labute approximate surface area is 173 Å². The van der Waals surface area contributed by atoms with E-state index in [9.17, 15) is 9.90 Å². The molecular formula is C23H23N3O4. The van der Waals surface area contributed by atoms with E-state index in [1.54, 1.807) is 6.07 Å². The lowest BCUT2D eigenvalue weighted by atomic mass is 9.92. The Bertz CT molecular complexity index is 1130. The van der Waals surface area contributed by atoms with Crippen LogP contribution < -0.4 is 4.74 Å². The molecule has 0 spiro atoms. The normalized spacial score (nSPS) is 12.4. The minimum atomic E-state index is -0.890. The van der Waals surface area contributed by atoms with E-state index < -0.39 is 5.97 Å². The predicted molar refractivity (Wildman–Crippen MR) is 111 cm³/mol. The first kappa shape index (κ1) is 19.7. The zero-order valence-electron chi connectivity index (χ0n) is 16.9. The molecule has 0 fully saturated rings. The molecule has 0 amide bonds. The Morgan fingerprint density at radius 2 is 1.97 bits per heavy atom. The zero-order valence-corrected chi connectivity index (χ0v) is 16.9. The minimum Gasteiger partial charge on any atom is -0.489 e. The largest absolute Gasteiger partial charge is 0.489 e. The molecule has 30 heavy (non-hydrogen) atoms. The molecule has 0 bridgehead atoms. The molecule has 154 valence electrons. The summed E-state index contributed by atoms with van der Waals surface area (Å²) in [6.07, 6.45) is 3.43. The molecule has 7 nitrogen and oxygen atoms in total. The van der Waals surface area contributed by atoms with Gasteiger partial charge in [0.2, 0.25) is 0 Å². The van der Waals surface area contributed by atoms with Gasteiger partial charge in [0.05, 0.1) is 17.6 Å². The maximum absolute atomic E-state index is 11.2. The molecule has 1 atom stereocenters. The molecule has 0 aliphatic carbocycles. The summed E-state index contributed by atoms with van der Waals surface area (Å²) in [5, 5.41) is 18.8. The van der Waals surface area contributed by atoms with Gasteiger partial charge in [0.1, 0.15) is 18.6 Å². The van der Waals surface area contributed by atoms with E-state index in [-0.39, 0.29) is 12.3 Å². The van der Waals surface area contributed by atoms with Crippen LogP contribution in [0.3, 0.4) is 0 Å². The smallest absolute Gasteiger partial charge is 0.304 e. The second kappa shape index (κ2) is 8.41. The maximum atomic E-state index is 11.2. The number of aromatic nitrogens is 3. The highest BCUT2D eigenvalue weighted by molar-refractivity contribution is 5.78. The zero-order chi connectivity index (χ0) is 21.1. The molecule has 2 aromatic heterocycles. The van der Waals surface area contributed by atoms with E-state index >= 15 is 0 Å². The van der Waals surface area contributed by atoms with Gasteiger partial charge in [0.15, 0.2) is 0 Å². The fraction of sp³-hybridized carbons (Fsp3) is 0.261. The summed E-state index contributed by atoms with van der Waals surface area (Å²) < 4.78 is 12.8. The molecule has 0 aliphatic heterocycles. The van der Waals surface area contributed by atoms with E-state index in [2.05, 4.69) is 30.2 Å². The Hall–Kier alpha value is -3.61. The van der Waals surface area contributed by atoms with Crippen molar-refractivity contribution in [1.82, 2.24) is 14.9 Å². The number of carboxylic acids is 1. The van der Waals surface area contributed by atoms with Crippen molar-refractivity contribution in [3.05, 3.63) is 77.8 Å². The standard InChI is InChI=1S/C23H23N3O4/c1-15(2)26-13-18-4-3-16(11-22(18)24-26)14-29-19-7-5-17(6-8-19)20(12-23(27)28)21-9-10-30-25-21/h3-11,13,15,20H,12,14H2,1-2H3,(H,27,28). The van der Waals surface area contributed by atoms with Gasteiger partial charge in [-0.1, -0.05) is 29.4 Å². The van der Waals surface area contributed by atoms with Crippen molar-refractivity contribution in [1.29, 1.82) is 0 Å². The van der Waals surface area contributed by atoms with E-state index in [0.717, 1.165) is 22.0 Å². The summed E-state index contributed by atoms with van der Waals surface area (Å²) in [4.78, 5) is 11.2. The lowest BCUT2D eigenvalue weighted by Crippen LogP contribution is -2.08. The Balaban J connectivity index is 1.45. The van der Waals surface area contributed by atoms with Crippen molar-refractivity contribution in [2.45, 2.75) is 38.8 Å². The van der Waals surface area contributed by atoms with Crippen LogP contribution in [0.15, 0.2) is 65.5 Å². The first-order valence-corrected chi connectivity index (χ1v) is 9.82. The predicted octanol–water partition coefficient (Wildman–Crippen LogP) is 4.79. The topological polar surface area (TPSA) is 90.4 Å². The van der Waals surface area contributed by atoms with E-state index in [1.807, 2.05) is 47.3 Å². The quantitative estimate of drug-likeness (QED) is 0.453. The van der Waals surface area contributed by atoms with Crippen molar-refractivity contribution in [3.63, 3.8) is 0 Å². The summed E-state index contributed by atoms with van der Waals surface area (Å²) >= 11 is 0. The van der Waals surface area contributed by atoms with Gasteiger partial charge in [0.25, 0.3) is 0 Å². The van der Waals surface area contributed by atoms with Gasteiger partial charge in [0, 0.05) is 29.6 Å². The number of aliphatic carboxylic acids is 1. The van der Waals surface area contributed by atoms with Crippen LogP contribution in [0.4, 0.5) is 0 Å².